The summed E-state index contributed by atoms with van der Waals surface area (Å²) in [7, 11) is 0. The third kappa shape index (κ3) is 1.82. The van der Waals surface area contributed by atoms with E-state index in [4.69, 9.17) is 4.42 Å². The second-order valence-electron chi connectivity index (χ2n) is 4.34. The molecule has 0 radical (unpaired) electrons. The maximum absolute atomic E-state index is 12.0. The molecule has 0 fully saturated rings. The minimum Gasteiger partial charge on any atom is -0.456 e. The van der Waals surface area contributed by atoms with Crippen LogP contribution in [0.2, 0.25) is 0 Å². The van der Waals surface area contributed by atoms with Crippen molar-refractivity contribution in [3.63, 3.8) is 0 Å². The molecule has 3 aromatic rings. The van der Waals surface area contributed by atoms with Gasteiger partial charge in [-0.3, -0.25) is 4.79 Å². The lowest BCUT2D eigenvalue weighted by atomic mass is 10.0. The van der Waals surface area contributed by atoms with E-state index in [1.54, 1.807) is 12.1 Å². The molecule has 0 spiro atoms. The third-order valence-electron chi connectivity index (χ3n) is 2.97. The van der Waals surface area contributed by atoms with Gasteiger partial charge in [0.15, 0.2) is 5.43 Å². The summed E-state index contributed by atoms with van der Waals surface area (Å²) in [5, 5.41) is 0.619. The highest BCUT2D eigenvalue weighted by molar-refractivity contribution is 5.78. The highest BCUT2D eigenvalue weighted by Crippen LogP contribution is 2.22. The maximum Gasteiger partial charge on any atom is 0.193 e. The second-order valence-corrected chi connectivity index (χ2v) is 4.34. The van der Waals surface area contributed by atoms with Crippen LogP contribution < -0.4 is 5.43 Å². The average molecular weight is 235 g/mol. The van der Waals surface area contributed by atoms with Gasteiger partial charge in [-0.25, -0.2) is 0 Å². The van der Waals surface area contributed by atoms with Crippen LogP contribution >= 0.6 is 0 Å². The van der Waals surface area contributed by atoms with Crippen molar-refractivity contribution < 1.29 is 4.42 Å². The zero-order chi connectivity index (χ0) is 12.5. The van der Waals surface area contributed by atoms with Gasteiger partial charge in [0.1, 0.15) is 11.3 Å². The van der Waals surface area contributed by atoms with Crippen molar-refractivity contribution in [3.05, 3.63) is 70.4 Å². The third-order valence-corrected chi connectivity index (χ3v) is 2.97. The van der Waals surface area contributed by atoms with Crippen LogP contribution in [0, 0.1) is 6.92 Å². The Morgan fingerprint density at radius 1 is 0.944 bits per heavy atom. The number of fused-ring (bicyclic) bond motifs is 1. The van der Waals surface area contributed by atoms with E-state index in [0.717, 1.165) is 5.56 Å². The molecule has 0 aliphatic carbocycles. The molecule has 0 saturated heterocycles. The highest BCUT2D eigenvalue weighted by Gasteiger charge is 2.05. The Balaban J connectivity index is 2.24. The van der Waals surface area contributed by atoms with Crippen LogP contribution in [0.25, 0.3) is 22.3 Å². The number of hydrogen-bond donors (Lipinski definition) is 0. The summed E-state index contributed by atoms with van der Waals surface area (Å²) in [6.07, 6.45) is 0. The van der Waals surface area contributed by atoms with Crippen molar-refractivity contribution in [1.29, 1.82) is 0 Å². The Labute approximate surface area is 105 Å². The Morgan fingerprint density at radius 3 is 2.44 bits per heavy atom. The summed E-state index contributed by atoms with van der Waals surface area (Å²) < 4.78 is 5.77. The highest BCUT2D eigenvalue weighted by atomic mass is 16.3. The molecule has 1 aromatic heterocycles. The minimum absolute atomic E-state index is 0.00701. The normalized spacial score (nSPS) is 10.7. The van der Waals surface area contributed by atoms with Gasteiger partial charge < -0.3 is 4.42 Å². The summed E-state index contributed by atoms with van der Waals surface area (Å²) in [5.74, 6) is 0.610. The average Bonchev–Trinajstić information content (AvgIpc) is 2.39. The molecule has 18 heavy (non-hydrogen) atoms. The van der Waals surface area contributed by atoms with Crippen LogP contribution in [0.15, 0.2) is 63.8 Å². The lowest BCUT2D eigenvalue weighted by molar-refractivity contribution is 0.619. The molecule has 0 atom stereocenters. The molecule has 1 heterocycles. The minimum atomic E-state index is -0.00701. The maximum atomic E-state index is 12.0. The second kappa shape index (κ2) is 4.15. The van der Waals surface area contributed by atoms with Crippen LogP contribution in [0.3, 0.4) is 0 Å². The molecule has 0 N–H and O–H groups in total. The van der Waals surface area contributed by atoms with E-state index in [0.29, 0.717) is 16.7 Å². The summed E-state index contributed by atoms with van der Waals surface area (Å²) in [4.78, 5) is 12.0. The number of rotatable bonds is 1. The Kier molecular flexibility index (Phi) is 2.49. The quantitative estimate of drug-likeness (QED) is 0.642. The molecule has 0 aliphatic heterocycles. The van der Waals surface area contributed by atoms with E-state index in [2.05, 4.69) is 0 Å². The van der Waals surface area contributed by atoms with Gasteiger partial charge in [0, 0.05) is 11.6 Å². The predicted molar refractivity (Wildman–Crippen MR) is 72.7 cm³/mol. The number of aryl methyl sites for hydroxylation is 1. The molecular formula is C16H12O2. The molecule has 0 bridgehead atoms. The molecule has 2 aromatic carbocycles. The number of hydrogen-bond acceptors (Lipinski definition) is 2. The van der Waals surface area contributed by atoms with Crippen LogP contribution in [0.1, 0.15) is 5.56 Å². The first kappa shape index (κ1) is 10.8. The van der Waals surface area contributed by atoms with Crippen LogP contribution in [-0.4, -0.2) is 0 Å². The monoisotopic (exact) mass is 235 g/mol. The molecule has 0 amide bonds. The van der Waals surface area contributed by atoms with Gasteiger partial charge in [0.25, 0.3) is 0 Å². The SMILES string of the molecule is [11CH3]c1ccc(-c2cc(=O)c3ccccc3o2)cc1. The zero-order valence-corrected chi connectivity index (χ0v) is 10.0. The summed E-state index contributed by atoms with van der Waals surface area (Å²) in [6.45, 7) is 2.03. The standard InChI is InChI=1S/C16H12O2/c1-11-6-8-12(9-7-11)16-10-14(17)13-4-2-3-5-15(13)18-16/h2-10H,1H3/i1-1. The molecule has 2 heteroatoms. The van der Waals surface area contributed by atoms with E-state index in [1.165, 1.54) is 5.56 Å². The molecule has 0 unspecified atom stereocenters. The topological polar surface area (TPSA) is 30.2 Å². The lowest BCUT2D eigenvalue weighted by Crippen LogP contribution is -1.99. The van der Waals surface area contributed by atoms with Gasteiger partial charge in [0.05, 0.1) is 5.39 Å². The van der Waals surface area contributed by atoms with Crippen molar-refractivity contribution in [2.45, 2.75) is 6.92 Å². The van der Waals surface area contributed by atoms with Gasteiger partial charge in [-0.1, -0.05) is 42.0 Å². The van der Waals surface area contributed by atoms with E-state index < -0.39 is 0 Å². The Morgan fingerprint density at radius 2 is 1.67 bits per heavy atom. The van der Waals surface area contributed by atoms with Crippen molar-refractivity contribution in [2.75, 3.05) is 0 Å². The van der Waals surface area contributed by atoms with Gasteiger partial charge in [-0.15, -0.1) is 0 Å². The van der Waals surface area contributed by atoms with Crippen LogP contribution in [0.5, 0.6) is 0 Å². The molecule has 3 rings (SSSR count). The van der Waals surface area contributed by atoms with Gasteiger partial charge in [-0.05, 0) is 19.1 Å². The number of para-hydroxylation sites is 1. The lowest BCUT2D eigenvalue weighted by Gasteiger charge is -2.03. The first-order valence-corrected chi connectivity index (χ1v) is 5.84. The van der Waals surface area contributed by atoms with Crippen molar-refractivity contribution in [3.8, 4) is 11.3 Å². The van der Waals surface area contributed by atoms with E-state index >= 15 is 0 Å². The number of benzene rings is 2. The first-order chi connectivity index (χ1) is 8.74. The summed E-state index contributed by atoms with van der Waals surface area (Å²) in [5.41, 5.74) is 2.72. The first-order valence-electron chi connectivity index (χ1n) is 5.84. The fourth-order valence-corrected chi connectivity index (χ4v) is 1.96. The van der Waals surface area contributed by atoms with Crippen molar-refractivity contribution in [2.24, 2.45) is 0 Å². The van der Waals surface area contributed by atoms with Crippen LogP contribution in [-0.2, 0) is 0 Å². The molecule has 88 valence electrons. The summed E-state index contributed by atoms with van der Waals surface area (Å²) in [6, 6.07) is 16.8. The molecule has 0 saturated carbocycles. The molecule has 2 nitrogen and oxygen atoms in total. The van der Waals surface area contributed by atoms with E-state index in [9.17, 15) is 4.79 Å². The molecular weight excluding hydrogens is 223 g/mol. The largest absolute Gasteiger partial charge is 0.456 e. The Bertz CT molecular complexity index is 752. The van der Waals surface area contributed by atoms with Gasteiger partial charge >= 0.3 is 0 Å². The fraction of sp³-hybridized carbons (Fsp3) is 0.0625. The summed E-state index contributed by atoms with van der Waals surface area (Å²) >= 11 is 0. The Hall–Kier alpha value is -2.35. The van der Waals surface area contributed by atoms with Gasteiger partial charge in [0.2, 0.25) is 0 Å². The smallest absolute Gasteiger partial charge is 0.193 e. The molecule has 0 aliphatic rings. The van der Waals surface area contributed by atoms with Crippen molar-refractivity contribution in [1.82, 2.24) is 0 Å². The van der Waals surface area contributed by atoms with Crippen molar-refractivity contribution >= 4 is 11.0 Å². The van der Waals surface area contributed by atoms with Crippen LogP contribution in [0.4, 0.5) is 0 Å². The van der Waals surface area contributed by atoms with Gasteiger partial charge in [-0.2, -0.15) is 0 Å². The zero-order valence-electron chi connectivity index (χ0n) is 10.0. The fourth-order valence-electron chi connectivity index (χ4n) is 1.96. The van der Waals surface area contributed by atoms with E-state index in [1.807, 2.05) is 49.4 Å². The van der Waals surface area contributed by atoms with E-state index in [-0.39, 0.29) is 5.43 Å². The predicted octanol–water partition coefficient (Wildman–Crippen LogP) is 3.77.